The number of nitrogens with zero attached hydrogens (tertiary/aromatic N) is 1. The maximum atomic E-state index is 12.1. The summed E-state index contributed by atoms with van der Waals surface area (Å²) in [4.78, 5) is 22.4. The highest BCUT2D eigenvalue weighted by Crippen LogP contribution is 2.28. The van der Waals surface area contributed by atoms with Crippen LogP contribution in [0, 0.1) is 29.9 Å². The number of benzene rings is 1. The van der Waals surface area contributed by atoms with Crippen molar-refractivity contribution in [3.05, 3.63) is 45.5 Å². The van der Waals surface area contributed by atoms with Crippen molar-refractivity contribution in [2.24, 2.45) is 5.92 Å². The summed E-state index contributed by atoms with van der Waals surface area (Å²) in [7, 11) is 0. The van der Waals surface area contributed by atoms with E-state index in [2.05, 4.69) is 5.32 Å². The molecular formula is C14H16N2O3. The molecule has 1 aliphatic rings. The van der Waals surface area contributed by atoms with E-state index in [1.807, 2.05) is 12.2 Å². The molecule has 1 aliphatic carbocycles. The lowest BCUT2D eigenvalue weighted by molar-refractivity contribution is -0.384. The van der Waals surface area contributed by atoms with E-state index in [4.69, 9.17) is 0 Å². The summed E-state index contributed by atoms with van der Waals surface area (Å²) in [6, 6.07) is 2.96. The van der Waals surface area contributed by atoms with Crippen molar-refractivity contribution >= 4 is 17.3 Å². The fourth-order valence-electron chi connectivity index (χ4n) is 2.30. The minimum atomic E-state index is -0.424. The summed E-state index contributed by atoms with van der Waals surface area (Å²) >= 11 is 0. The highest BCUT2D eigenvalue weighted by atomic mass is 16.6. The number of nitrogens with one attached hydrogen (secondary N) is 1. The second-order valence-corrected chi connectivity index (χ2v) is 4.84. The zero-order valence-electron chi connectivity index (χ0n) is 11.0. The molecular weight excluding hydrogens is 244 g/mol. The molecule has 5 heteroatoms. The number of nitro groups is 1. The monoisotopic (exact) mass is 260 g/mol. The Balaban J connectivity index is 2.20. The lowest BCUT2D eigenvalue weighted by Crippen LogP contribution is -2.21. The Morgan fingerprint density at radius 3 is 2.26 bits per heavy atom. The Kier molecular flexibility index (Phi) is 3.64. The van der Waals surface area contributed by atoms with E-state index in [1.54, 1.807) is 13.8 Å². The van der Waals surface area contributed by atoms with E-state index in [0.717, 1.165) is 12.8 Å². The van der Waals surface area contributed by atoms with Crippen molar-refractivity contribution in [2.45, 2.75) is 26.7 Å². The van der Waals surface area contributed by atoms with E-state index >= 15 is 0 Å². The molecule has 19 heavy (non-hydrogen) atoms. The third-order valence-corrected chi connectivity index (χ3v) is 3.36. The van der Waals surface area contributed by atoms with Gasteiger partial charge in [-0.1, -0.05) is 12.2 Å². The molecule has 1 N–H and O–H groups in total. The number of nitro benzene ring substituents is 1. The summed E-state index contributed by atoms with van der Waals surface area (Å²) in [5.41, 5.74) is 2.16. The van der Waals surface area contributed by atoms with Crippen LogP contribution < -0.4 is 5.32 Å². The van der Waals surface area contributed by atoms with Gasteiger partial charge in [-0.3, -0.25) is 14.9 Å². The lowest BCUT2D eigenvalue weighted by atomic mass is 10.0. The van der Waals surface area contributed by atoms with Crippen LogP contribution in [0.2, 0.25) is 0 Å². The van der Waals surface area contributed by atoms with E-state index in [9.17, 15) is 14.9 Å². The molecule has 100 valence electrons. The molecule has 0 fully saturated rings. The lowest BCUT2D eigenvalue weighted by Gasteiger charge is -2.14. The Bertz CT molecular complexity index is 533. The van der Waals surface area contributed by atoms with Crippen LogP contribution in [0.15, 0.2) is 24.3 Å². The number of hydrogen-bond acceptors (Lipinski definition) is 3. The first-order chi connectivity index (χ1) is 8.99. The average Bonchev–Trinajstić information content (AvgIpc) is 2.86. The van der Waals surface area contributed by atoms with Gasteiger partial charge in [-0.05, 0) is 37.8 Å². The van der Waals surface area contributed by atoms with Gasteiger partial charge in [-0.25, -0.2) is 0 Å². The maximum absolute atomic E-state index is 12.1. The fourth-order valence-corrected chi connectivity index (χ4v) is 2.30. The Labute approximate surface area is 111 Å². The predicted molar refractivity (Wildman–Crippen MR) is 73.1 cm³/mol. The molecule has 0 saturated heterocycles. The minimum Gasteiger partial charge on any atom is -0.325 e. The number of carbonyl (C=O) groups excluding carboxylic acids is 1. The van der Waals surface area contributed by atoms with E-state index in [0.29, 0.717) is 16.8 Å². The Hall–Kier alpha value is -2.17. The van der Waals surface area contributed by atoms with Gasteiger partial charge in [0.15, 0.2) is 0 Å². The van der Waals surface area contributed by atoms with Crippen LogP contribution >= 0.6 is 0 Å². The first kappa shape index (κ1) is 13.3. The van der Waals surface area contributed by atoms with Crippen LogP contribution in [-0.2, 0) is 4.79 Å². The highest BCUT2D eigenvalue weighted by Gasteiger charge is 2.21. The number of anilines is 1. The van der Waals surface area contributed by atoms with Gasteiger partial charge < -0.3 is 5.32 Å². The Morgan fingerprint density at radius 2 is 1.79 bits per heavy atom. The molecule has 0 spiro atoms. The van der Waals surface area contributed by atoms with Gasteiger partial charge >= 0.3 is 0 Å². The number of non-ortho nitro benzene ring substituents is 1. The first-order valence-electron chi connectivity index (χ1n) is 6.20. The molecule has 1 aromatic rings. The van der Waals surface area contributed by atoms with Crippen LogP contribution in [0.3, 0.4) is 0 Å². The minimum absolute atomic E-state index is 0.0195. The van der Waals surface area contributed by atoms with E-state index in [-0.39, 0.29) is 17.5 Å². The number of amides is 1. The van der Waals surface area contributed by atoms with Gasteiger partial charge in [0.1, 0.15) is 0 Å². The van der Waals surface area contributed by atoms with Crippen molar-refractivity contribution in [2.75, 3.05) is 5.32 Å². The largest absolute Gasteiger partial charge is 0.325 e. The van der Waals surface area contributed by atoms with Crippen LogP contribution in [-0.4, -0.2) is 10.8 Å². The summed E-state index contributed by atoms with van der Waals surface area (Å²) < 4.78 is 0. The number of hydrogen-bond donors (Lipinski definition) is 1. The van der Waals surface area contributed by atoms with Crippen LogP contribution in [0.25, 0.3) is 0 Å². The summed E-state index contributed by atoms with van der Waals surface area (Å²) in [5.74, 6) is -0.0426. The van der Waals surface area contributed by atoms with Crippen molar-refractivity contribution in [1.82, 2.24) is 0 Å². The standard InChI is InChI=1S/C14H16N2O3/c1-9-7-12(16(18)19)8-10(2)13(9)15-14(17)11-5-3-4-6-11/h3-4,7-8,11H,5-6H2,1-2H3,(H,15,17). The third-order valence-electron chi connectivity index (χ3n) is 3.36. The summed E-state index contributed by atoms with van der Waals surface area (Å²) in [5, 5.41) is 13.6. The number of carbonyl (C=O) groups is 1. The maximum Gasteiger partial charge on any atom is 0.270 e. The van der Waals surface area contributed by atoms with Crippen LogP contribution in [0.5, 0.6) is 0 Å². The molecule has 0 radical (unpaired) electrons. The molecule has 5 nitrogen and oxygen atoms in total. The molecule has 0 bridgehead atoms. The Morgan fingerprint density at radius 1 is 1.26 bits per heavy atom. The molecule has 0 saturated carbocycles. The molecule has 1 aromatic carbocycles. The smallest absolute Gasteiger partial charge is 0.270 e. The van der Waals surface area contributed by atoms with Gasteiger partial charge in [-0.15, -0.1) is 0 Å². The average molecular weight is 260 g/mol. The molecule has 1 amide bonds. The van der Waals surface area contributed by atoms with Crippen LogP contribution in [0.1, 0.15) is 24.0 Å². The molecule has 0 aromatic heterocycles. The zero-order chi connectivity index (χ0) is 14.0. The topological polar surface area (TPSA) is 72.2 Å². The predicted octanol–water partition coefficient (Wildman–Crippen LogP) is 3.12. The third kappa shape index (κ3) is 2.81. The SMILES string of the molecule is Cc1cc([N+](=O)[O-])cc(C)c1NC(=O)C1CC=CC1. The normalized spacial score (nSPS) is 14.6. The quantitative estimate of drug-likeness (QED) is 0.515. The van der Waals surface area contributed by atoms with Gasteiger partial charge in [0.25, 0.3) is 5.69 Å². The molecule has 0 aliphatic heterocycles. The number of allylic oxidation sites excluding steroid dienone is 2. The van der Waals surface area contributed by atoms with Gasteiger partial charge in [0.2, 0.25) is 5.91 Å². The van der Waals surface area contributed by atoms with Crippen molar-refractivity contribution in [3.63, 3.8) is 0 Å². The van der Waals surface area contributed by atoms with Gasteiger partial charge in [0, 0.05) is 23.7 Å². The highest BCUT2D eigenvalue weighted by molar-refractivity contribution is 5.94. The molecule has 0 atom stereocenters. The summed E-state index contributed by atoms with van der Waals surface area (Å²) in [6.07, 6.45) is 5.52. The zero-order valence-corrected chi connectivity index (χ0v) is 11.0. The van der Waals surface area contributed by atoms with Crippen molar-refractivity contribution < 1.29 is 9.72 Å². The molecule has 0 heterocycles. The summed E-state index contributed by atoms with van der Waals surface area (Å²) in [6.45, 7) is 3.53. The van der Waals surface area contributed by atoms with Gasteiger partial charge in [0.05, 0.1) is 4.92 Å². The second kappa shape index (κ2) is 5.22. The number of aryl methyl sites for hydroxylation is 2. The first-order valence-corrected chi connectivity index (χ1v) is 6.20. The van der Waals surface area contributed by atoms with Gasteiger partial charge in [-0.2, -0.15) is 0 Å². The molecule has 0 unspecified atom stereocenters. The fraction of sp³-hybridized carbons (Fsp3) is 0.357. The number of rotatable bonds is 3. The van der Waals surface area contributed by atoms with E-state index < -0.39 is 4.92 Å². The van der Waals surface area contributed by atoms with Crippen molar-refractivity contribution in [3.8, 4) is 0 Å². The molecule has 2 rings (SSSR count). The van der Waals surface area contributed by atoms with Crippen molar-refractivity contribution in [1.29, 1.82) is 0 Å². The second-order valence-electron chi connectivity index (χ2n) is 4.84. The van der Waals surface area contributed by atoms with E-state index in [1.165, 1.54) is 12.1 Å². The van der Waals surface area contributed by atoms with Crippen LogP contribution in [0.4, 0.5) is 11.4 Å².